The molecule has 0 fully saturated rings. The van der Waals surface area contributed by atoms with E-state index in [1.807, 2.05) is 6.07 Å². The molecule has 124 valence electrons. The van der Waals surface area contributed by atoms with Gasteiger partial charge in [-0.05, 0) is 49.6 Å². The van der Waals surface area contributed by atoms with Crippen LogP contribution < -0.4 is 5.32 Å². The lowest BCUT2D eigenvalue weighted by Gasteiger charge is -2.03. The summed E-state index contributed by atoms with van der Waals surface area (Å²) in [6.07, 6.45) is 3.28. The molecule has 6 nitrogen and oxygen atoms in total. The first kappa shape index (κ1) is 17.5. The molecule has 2 heterocycles. The van der Waals surface area contributed by atoms with Gasteiger partial charge in [-0.15, -0.1) is 0 Å². The van der Waals surface area contributed by atoms with Crippen molar-refractivity contribution in [1.29, 1.82) is 0 Å². The molecule has 0 saturated heterocycles. The molecule has 0 spiro atoms. The van der Waals surface area contributed by atoms with E-state index in [0.29, 0.717) is 31.4 Å². The van der Waals surface area contributed by atoms with Crippen LogP contribution in [-0.2, 0) is 6.54 Å². The number of nitrogens with zero attached hydrogens (tertiary/aromatic N) is 3. The predicted octanol–water partition coefficient (Wildman–Crippen LogP) is 4.74. The van der Waals surface area contributed by atoms with E-state index in [2.05, 4.69) is 52.5 Å². The molecule has 0 atom stereocenters. The normalized spacial score (nSPS) is 10.8. The van der Waals surface area contributed by atoms with Crippen LogP contribution in [0.2, 0.25) is 10.0 Å². The van der Waals surface area contributed by atoms with Crippen molar-refractivity contribution in [3.63, 3.8) is 0 Å². The van der Waals surface area contributed by atoms with Gasteiger partial charge in [-0.1, -0.05) is 29.3 Å². The number of carbonyl (C=O) groups is 1. The summed E-state index contributed by atoms with van der Waals surface area (Å²) >= 11 is 18.4. The number of rotatable bonds is 4. The number of anilines is 1. The van der Waals surface area contributed by atoms with Crippen LogP contribution in [-0.4, -0.2) is 25.9 Å². The van der Waals surface area contributed by atoms with E-state index in [9.17, 15) is 4.79 Å². The van der Waals surface area contributed by atoms with Gasteiger partial charge >= 0.3 is 0 Å². The lowest BCUT2D eigenvalue weighted by atomic mass is 10.2. The summed E-state index contributed by atoms with van der Waals surface area (Å²) in [6.45, 7) is 0.504. The number of hydrogen-bond donors (Lipinski definition) is 2. The molecular weight excluding hydrogens is 485 g/mol. The molecule has 0 unspecified atom stereocenters. The molecule has 0 aliphatic carbocycles. The van der Waals surface area contributed by atoms with Crippen molar-refractivity contribution in [2.24, 2.45) is 0 Å². The first-order valence-corrected chi connectivity index (χ1v) is 8.95. The third kappa shape index (κ3) is 3.83. The van der Waals surface area contributed by atoms with Gasteiger partial charge in [0.2, 0.25) is 0 Å². The summed E-state index contributed by atoms with van der Waals surface area (Å²) < 4.78 is 2.84. The maximum atomic E-state index is 12.2. The topological polar surface area (TPSA) is 75.6 Å². The van der Waals surface area contributed by atoms with Crippen molar-refractivity contribution in [1.82, 2.24) is 20.0 Å². The summed E-state index contributed by atoms with van der Waals surface area (Å²) in [6, 6.07) is 5.38. The van der Waals surface area contributed by atoms with Gasteiger partial charge in [0.05, 0.1) is 32.9 Å². The highest BCUT2D eigenvalue weighted by molar-refractivity contribution is 9.13. The Kier molecular flexibility index (Phi) is 5.29. The highest BCUT2D eigenvalue weighted by Gasteiger charge is 2.17. The maximum Gasteiger partial charge on any atom is 0.277 e. The monoisotopic (exact) mass is 491 g/mol. The van der Waals surface area contributed by atoms with Crippen LogP contribution in [0.4, 0.5) is 5.69 Å². The average molecular weight is 494 g/mol. The van der Waals surface area contributed by atoms with Crippen LogP contribution in [0, 0.1) is 0 Å². The Morgan fingerprint density at radius 2 is 2.08 bits per heavy atom. The zero-order valence-corrected chi connectivity index (χ0v) is 16.5. The minimum Gasteiger partial charge on any atom is -0.318 e. The first-order valence-electron chi connectivity index (χ1n) is 6.61. The molecule has 0 aliphatic heterocycles. The fraction of sp³-hybridized carbons (Fsp3) is 0.0714. The second-order valence-corrected chi connectivity index (χ2v) is 7.23. The molecule has 0 radical (unpaired) electrons. The molecule has 0 saturated carbocycles. The van der Waals surface area contributed by atoms with Crippen molar-refractivity contribution in [2.45, 2.75) is 6.54 Å². The maximum absolute atomic E-state index is 12.2. The van der Waals surface area contributed by atoms with Crippen LogP contribution in [0.1, 0.15) is 16.1 Å². The van der Waals surface area contributed by atoms with Gasteiger partial charge in [-0.25, -0.2) is 0 Å². The van der Waals surface area contributed by atoms with Gasteiger partial charge in [0.1, 0.15) is 4.60 Å². The van der Waals surface area contributed by atoms with Gasteiger partial charge < -0.3 is 5.32 Å². The number of carbonyl (C=O) groups excluding carboxylic acids is 1. The molecule has 10 heteroatoms. The number of nitrogens with one attached hydrogen (secondary N) is 2. The Bertz CT molecular complexity index is 908. The molecule has 2 aromatic heterocycles. The molecule has 0 aliphatic rings. The Balaban J connectivity index is 1.70. The van der Waals surface area contributed by atoms with Crippen molar-refractivity contribution >= 4 is 66.7 Å². The van der Waals surface area contributed by atoms with E-state index in [4.69, 9.17) is 23.2 Å². The smallest absolute Gasteiger partial charge is 0.277 e. The summed E-state index contributed by atoms with van der Waals surface area (Å²) in [5.41, 5.74) is 1.76. The molecule has 24 heavy (non-hydrogen) atoms. The quantitative estimate of drug-likeness (QED) is 0.551. The van der Waals surface area contributed by atoms with Crippen molar-refractivity contribution < 1.29 is 4.79 Å². The molecule has 3 aromatic rings. The minimum absolute atomic E-state index is 0.249. The summed E-state index contributed by atoms with van der Waals surface area (Å²) in [5, 5.41) is 14.5. The van der Waals surface area contributed by atoms with Crippen LogP contribution in [0.3, 0.4) is 0 Å². The Morgan fingerprint density at radius 3 is 2.75 bits per heavy atom. The summed E-state index contributed by atoms with van der Waals surface area (Å²) in [4.78, 5) is 12.2. The lowest BCUT2D eigenvalue weighted by Crippen LogP contribution is -2.12. The lowest BCUT2D eigenvalue weighted by molar-refractivity contribution is 0.102. The third-order valence-corrected chi connectivity index (χ3v) is 5.72. The number of aromatic nitrogens is 4. The Morgan fingerprint density at radius 1 is 1.29 bits per heavy atom. The molecule has 0 bridgehead atoms. The Labute approximate surface area is 163 Å². The molecule has 2 N–H and O–H groups in total. The van der Waals surface area contributed by atoms with Crippen LogP contribution in [0.5, 0.6) is 0 Å². The first-order chi connectivity index (χ1) is 11.4. The molecule has 1 aromatic carbocycles. The van der Waals surface area contributed by atoms with Gasteiger partial charge in [0.15, 0.2) is 5.69 Å². The zero-order chi connectivity index (χ0) is 17.3. The minimum atomic E-state index is -0.349. The number of amides is 1. The number of aromatic amines is 1. The molecule has 1 amide bonds. The van der Waals surface area contributed by atoms with Crippen LogP contribution in [0.15, 0.2) is 39.7 Å². The number of benzene rings is 1. The Hall–Kier alpha value is -1.35. The summed E-state index contributed by atoms with van der Waals surface area (Å²) in [7, 11) is 0. The van der Waals surface area contributed by atoms with E-state index < -0.39 is 0 Å². The standard InChI is InChI=1S/C14H9Br2Cl2N5O/c15-11-12(21-22-13(11)16)14(24)20-8-4-19-23(6-8)5-7-1-2-9(17)10(18)3-7/h1-4,6H,5H2,(H,20,24)(H,21,22). The third-order valence-electron chi connectivity index (χ3n) is 3.10. The van der Waals surface area contributed by atoms with E-state index in [1.54, 1.807) is 29.2 Å². The van der Waals surface area contributed by atoms with E-state index >= 15 is 0 Å². The number of halogens is 4. The average Bonchev–Trinajstić information content (AvgIpc) is 3.11. The second kappa shape index (κ2) is 7.26. The van der Waals surface area contributed by atoms with Gasteiger partial charge in [0, 0.05) is 6.20 Å². The van der Waals surface area contributed by atoms with E-state index in [0.717, 1.165) is 5.56 Å². The zero-order valence-electron chi connectivity index (χ0n) is 11.9. The van der Waals surface area contributed by atoms with Crippen LogP contribution >= 0.6 is 55.1 Å². The van der Waals surface area contributed by atoms with Gasteiger partial charge in [-0.2, -0.15) is 10.2 Å². The fourth-order valence-electron chi connectivity index (χ4n) is 1.99. The highest BCUT2D eigenvalue weighted by Crippen LogP contribution is 2.25. The van der Waals surface area contributed by atoms with Crippen molar-refractivity contribution in [3.05, 3.63) is 61.0 Å². The van der Waals surface area contributed by atoms with E-state index in [1.165, 1.54) is 0 Å². The SMILES string of the molecule is O=C(Nc1cnn(Cc2ccc(Cl)c(Cl)c2)c1)c1n[nH]c(Br)c1Br. The molecule has 3 rings (SSSR count). The highest BCUT2D eigenvalue weighted by atomic mass is 79.9. The van der Waals surface area contributed by atoms with Crippen LogP contribution in [0.25, 0.3) is 0 Å². The van der Waals surface area contributed by atoms with Gasteiger partial charge in [-0.3, -0.25) is 14.6 Å². The predicted molar refractivity (Wildman–Crippen MR) is 99.7 cm³/mol. The molecular formula is C14H9Br2Cl2N5O. The fourth-order valence-corrected chi connectivity index (χ4v) is 2.94. The van der Waals surface area contributed by atoms with Crippen molar-refractivity contribution in [2.75, 3.05) is 5.32 Å². The van der Waals surface area contributed by atoms with Gasteiger partial charge in [0.25, 0.3) is 5.91 Å². The number of H-pyrrole nitrogens is 1. The van der Waals surface area contributed by atoms with E-state index in [-0.39, 0.29) is 11.6 Å². The second-order valence-electron chi connectivity index (χ2n) is 4.83. The largest absolute Gasteiger partial charge is 0.318 e. The van der Waals surface area contributed by atoms with Crippen molar-refractivity contribution in [3.8, 4) is 0 Å². The summed E-state index contributed by atoms with van der Waals surface area (Å²) in [5.74, 6) is -0.349. The number of hydrogen-bond acceptors (Lipinski definition) is 3.